The van der Waals surface area contributed by atoms with Crippen LogP contribution >= 0.6 is 0 Å². The highest BCUT2D eigenvalue weighted by atomic mass is 16.6. The van der Waals surface area contributed by atoms with Gasteiger partial charge in [-0.05, 0) is 5.56 Å². The van der Waals surface area contributed by atoms with Crippen molar-refractivity contribution in [3.05, 3.63) is 46.0 Å². The second-order valence-electron chi connectivity index (χ2n) is 5.32. The summed E-state index contributed by atoms with van der Waals surface area (Å²) >= 11 is 0. The summed E-state index contributed by atoms with van der Waals surface area (Å²) in [6.07, 6.45) is 0.269. The van der Waals surface area contributed by atoms with Crippen LogP contribution in [0.3, 0.4) is 0 Å². The molecule has 1 fully saturated rings. The Morgan fingerprint density at radius 1 is 1.43 bits per heavy atom. The smallest absolute Gasteiger partial charge is 0.219 e. The fourth-order valence-electron chi connectivity index (χ4n) is 2.82. The Morgan fingerprint density at radius 3 is 2.67 bits per heavy atom. The lowest BCUT2D eigenvalue weighted by atomic mass is 9.80. The van der Waals surface area contributed by atoms with Crippen molar-refractivity contribution < 1.29 is 14.5 Å². The lowest BCUT2D eigenvalue weighted by Crippen LogP contribution is -2.46. The van der Waals surface area contributed by atoms with Gasteiger partial charge in [-0.2, -0.15) is 0 Å². The minimum absolute atomic E-state index is 0.00297. The van der Waals surface area contributed by atoms with E-state index < -0.39 is 16.8 Å². The van der Waals surface area contributed by atoms with Crippen LogP contribution in [0.2, 0.25) is 0 Å². The van der Waals surface area contributed by atoms with Crippen LogP contribution in [0.5, 0.6) is 0 Å². The van der Waals surface area contributed by atoms with Gasteiger partial charge in [-0.3, -0.25) is 19.7 Å². The molecule has 0 bridgehead atoms. The van der Waals surface area contributed by atoms with Crippen molar-refractivity contribution in [1.82, 2.24) is 4.90 Å². The molecule has 1 aliphatic heterocycles. The van der Waals surface area contributed by atoms with E-state index in [1.807, 2.05) is 6.07 Å². The quantitative estimate of drug-likeness (QED) is 0.621. The number of hydrogen-bond donors (Lipinski definition) is 0. The van der Waals surface area contributed by atoms with Crippen molar-refractivity contribution in [2.75, 3.05) is 19.6 Å². The van der Waals surface area contributed by atoms with Crippen molar-refractivity contribution in [2.45, 2.75) is 19.3 Å². The molecule has 1 amide bonds. The lowest BCUT2D eigenvalue weighted by Gasteiger charge is -2.34. The molecule has 1 aromatic rings. The molecule has 2 rings (SSSR count). The Bertz CT molecular complexity index is 544. The number of carbonyl (C=O) groups excluding carboxylic acids is 2. The molecule has 0 saturated carbocycles. The molecule has 6 heteroatoms. The zero-order valence-corrected chi connectivity index (χ0v) is 11.9. The highest BCUT2D eigenvalue weighted by Crippen LogP contribution is 2.30. The Balaban J connectivity index is 2.28. The van der Waals surface area contributed by atoms with Gasteiger partial charge in [-0.1, -0.05) is 30.3 Å². The molecular formula is C15H18N2O4. The molecular weight excluding hydrogens is 272 g/mol. The maximum Gasteiger partial charge on any atom is 0.219 e. The van der Waals surface area contributed by atoms with E-state index in [-0.39, 0.29) is 31.2 Å². The van der Waals surface area contributed by atoms with Gasteiger partial charge in [0.25, 0.3) is 0 Å². The topological polar surface area (TPSA) is 80.5 Å². The lowest BCUT2D eigenvalue weighted by molar-refractivity contribution is -0.484. The Hall–Kier alpha value is -2.24. The van der Waals surface area contributed by atoms with Crippen LogP contribution in [0, 0.1) is 16.0 Å². The van der Waals surface area contributed by atoms with E-state index in [0.29, 0.717) is 6.54 Å². The predicted octanol–water partition coefficient (Wildman–Crippen LogP) is 1.48. The molecule has 1 heterocycles. The second-order valence-corrected chi connectivity index (χ2v) is 5.32. The first-order valence-corrected chi connectivity index (χ1v) is 6.94. The van der Waals surface area contributed by atoms with Gasteiger partial charge >= 0.3 is 0 Å². The van der Waals surface area contributed by atoms with Gasteiger partial charge in [0.15, 0.2) is 0 Å². The summed E-state index contributed by atoms with van der Waals surface area (Å²) in [4.78, 5) is 35.9. The summed E-state index contributed by atoms with van der Waals surface area (Å²) in [5.74, 6) is -1.09. The standard InChI is InChI=1S/C15H18N2O4/c1-11(18)16-8-7-15(19)14(9-16)13(10-17(20)21)12-5-3-2-4-6-12/h2-6,13-14H,7-10H2,1H3/t13-,14-/m0/s1. The van der Waals surface area contributed by atoms with Crippen LogP contribution in [0.1, 0.15) is 24.8 Å². The summed E-state index contributed by atoms with van der Waals surface area (Å²) in [6, 6.07) is 9.04. The van der Waals surface area contributed by atoms with Crippen molar-refractivity contribution >= 4 is 11.7 Å². The average Bonchev–Trinajstić information content (AvgIpc) is 2.46. The third-order valence-electron chi connectivity index (χ3n) is 3.96. The van der Waals surface area contributed by atoms with E-state index in [1.54, 1.807) is 29.2 Å². The maximum atomic E-state index is 12.2. The fourth-order valence-corrected chi connectivity index (χ4v) is 2.82. The van der Waals surface area contributed by atoms with Gasteiger partial charge < -0.3 is 4.90 Å². The number of likely N-dealkylation sites (tertiary alicyclic amines) is 1. The van der Waals surface area contributed by atoms with E-state index in [9.17, 15) is 19.7 Å². The second kappa shape index (κ2) is 6.47. The normalized spacial score (nSPS) is 20.1. The molecule has 0 aliphatic carbocycles. The molecule has 2 atom stereocenters. The first kappa shape index (κ1) is 15.2. The third kappa shape index (κ3) is 3.65. The molecule has 1 aromatic carbocycles. The van der Waals surface area contributed by atoms with Gasteiger partial charge in [0, 0.05) is 37.3 Å². The number of ketones is 1. The summed E-state index contributed by atoms with van der Waals surface area (Å²) in [5.41, 5.74) is 0.776. The van der Waals surface area contributed by atoms with E-state index in [1.165, 1.54) is 6.92 Å². The summed E-state index contributed by atoms with van der Waals surface area (Å²) in [7, 11) is 0. The van der Waals surface area contributed by atoms with E-state index in [0.717, 1.165) is 5.56 Å². The SMILES string of the molecule is CC(=O)N1CCC(=O)[C@H]([C@@H](C[N+](=O)[O-])c2ccccc2)C1. The zero-order chi connectivity index (χ0) is 15.4. The van der Waals surface area contributed by atoms with Crippen LogP contribution in [0.4, 0.5) is 0 Å². The molecule has 112 valence electrons. The molecule has 1 saturated heterocycles. The Morgan fingerprint density at radius 2 is 2.10 bits per heavy atom. The first-order valence-electron chi connectivity index (χ1n) is 6.94. The highest BCUT2D eigenvalue weighted by Gasteiger charge is 2.37. The third-order valence-corrected chi connectivity index (χ3v) is 3.96. The van der Waals surface area contributed by atoms with Gasteiger partial charge in [0.2, 0.25) is 12.5 Å². The number of nitro groups is 1. The number of hydrogen-bond acceptors (Lipinski definition) is 4. The summed E-state index contributed by atoms with van der Waals surface area (Å²) in [6.45, 7) is 1.83. The van der Waals surface area contributed by atoms with Crippen LogP contribution < -0.4 is 0 Å². The van der Waals surface area contributed by atoms with Gasteiger partial charge in [0.05, 0.1) is 5.92 Å². The van der Waals surface area contributed by atoms with Crippen LogP contribution in [0.15, 0.2) is 30.3 Å². The molecule has 0 spiro atoms. The van der Waals surface area contributed by atoms with Crippen LogP contribution in [-0.4, -0.2) is 41.1 Å². The molecule has 6 nitrogen and oxygen atoms in total. The monoisotopic (exact) mass is 290 g/mol. The number of rotatable bonds is 4. The van der Waals surface area contributed by atoms with Crippen molar-refractivity contribution in [2.24, 2.45) is 5.92 Å². The van der Waals surface area contributed by atoms with Gasteiger partial charge in [-0.15, -0.1) is 0 Å². The Kier molecular flexibility index (Phi) is 4.67. The van der Waals surface area contributed by atoms with Crippen LogP contribution in [0.25, 0.3) is 0 Å². The minimum Gasteiger partial charge on any atom is -0.342 e. The van der Waals surface area contributed by atoms with E-state index in [2.05, 4.69) is 0 Å². The van der Waals surface area contributed by atoms with Crippen LogP contribution in [-0.2, 0) is 9.59 Å². The first-order chi connectivity index (χ1) is 9.99. The Labute approximate surface area is 122 Å². The number of carbonyl (C=O) groups is 2. The van der Waals surface area contributed by atoms with Gasteiger partial charge in [0.1, 0.15) is 5.78 Å². The number of Topliss-reactive ketones (excluding diaryl/α,β-unsaturated/α-hetero) is 1. The van der Waals surface area contributed by atoms with Crippen molar-refractivity contribution in [3.8, 4) is 0 Å². The molecule has 1 aliphatic rings. The molecule has 21 heavy (non-hydrogen) atoms. The largest absolute Gasteiger partial charge is 0.342 e. The average molecular weight is 290 g/mol. The number of amides is 1. The van der Waals surface area contributed by atoms with Crippen molar-refractivity contribution in [3.63, 3.8) is 0 Å². The number of piperidine rings is 1. The molecule has 0 radical (unpaired) electrons. The summed E-state index contributed by atoms with van der Waals surface area (Å²) in [5, 5.41) is 11.0. The van der Waals surface area contributed by atoms with Crippen molar-refractivity contribution in [1.29, 1.82) is 0 Å². The number of nitrogens with zero attached hydrogens (tertiary/aromatic N) is 2. The zero-order valence-electron chi connectivity index (χ0n) is 11.9. The van der Waals surface area contributed by atoms with E-state index >= 15 is 0 Å². The molecule has 0 unspecified atom stereocenters. The molecule has 0 N–H and O–H groups in total. The van der Waals surface area contributed by atoms with E-state index in [4.69, 9.17) is 0 Å². The molecule has 0 aromatic heterocycles. The maximum absolute atomic E-state index is 12.2. The van der Waals surface area contributed by atoms with Gasteiger partial charge in [-0.25, -0.2) is 0 Å². The fraction of sp³-hybridized carbons (Fsp3) is 0.467. The number of benzene rings is 1. The minimum atomic E-state index is -0.504. The summed E-state index contributed by atoms with van der Waals surface area (Å²) < 4.78 is 0. The predicted molar refractivity (Wildman–Crippen MR) is 76.4 cm³/mol. The highest BCUT2D eigenvalue weighted by molar-refractivity contribution is 5.85.